The zero-order valence-corrected chi connectivity index (χ0v) is 16.4. The molecule has 1 amide bonds. The van der Waals surface area contributed by atoms with E-state index in [1.165, 1.54) is 5.56 Å². The molecule has 0 saturated carbocycles. The molecule has 0 aliphatic heterocycles. The average molecular weight is 373 g/mol. The highest BCUT2D eigenvalue weighted by Crippen LogP contribution is 2.21. The van der Waals surface area contributed by atoms with Crippen LogP contribution < -0.4 is 5.32 Å². The number of carbonyl (C=O) groups is 1. The Labute approximate surface area is 163 Å². The van der Waals surface area contributed by atoms with E-state index in [4.69, 9.17) is 4.98 Å². The van der Waals surface area contributed by atoms with Crippen molar-refractivity contribution in [2.75, 3.05) is 0 Å². The van der Waals surface area contributed by atoms with Crippen LogP contribution in [0.3, 0.4) is 0 Å². The van der Waals surface area contributed by atoms with Crippen molar-refractivity contribution < 1.29 is 4.79 Å². The quantitative estimate of drug-likeness (QED) is 0.582. The molecule has 0 atom stereocenters. The van der Waals surface area contributed by atoms with Gasteiger partial charge in [-0.1, -0.05) is 29.8 Å². The molecule has 6 nitrogen and oxygen atoms in total. The molecule has 1 N–H and O–H groups in total. The van der Waals surface area contributed by atoms with Gasteiger partial charge in [0.05, 0.1) is 5.39 Å². The van der Waals surface area contributed by atoms with Gasteiger partial charge in [0.1, 0.15) is 0 Å². The van der Waals surface area contributed by atoms with E-state index in [2.05, 4.69) is 34.5 Å². The minimum atomic E-state index is 0.0340. The summed E-state index contributed by atoms with van der Waals surface area (Å²) < 4.78 is 1.84. The standard InChI is InChI=1S/C22H23N5O/c1-14-6-8-17(9-7-14)13-24-20(28)11-10-18-15(2)25-22-19-5-4-12-23-21(19)26-27(22)16(18)3/h4-9,12H,10-11,13H2,1-3H3,(H,24,28). The van der Waals surface area contributed by atoms with Crippen LogP contribution >= 0.6 is 0 Å². The van der Waals surface area contributed by atoms with Crippen LogP contribution in [0.1, 0.15) is 34.5 Å². The Balaban J connectivity index is 1.49. The molecule has 1 aromatic carbocycles. The lowest BCUT2D eigenvalue weighted by Gasteiger charge is -2.11. The normalized spacial score (nSPS) is 11.2. The highest BCUT2D eigenvalue weighted by molar-refractivity contribution is 5.89. The smallest absolute Gasteiger partial charge is 0.220 e. The van der Waals surface area contributed by atoms with E-state index in [1.54, 1.807) is 6.20 Å². The van der Waals surface area contributed by atoms with Crippen molar-refractivity contribution in [3.8, 4) is 0 Å². The third-order valence-corrected chi connectivity index (χ3v) is 5.10. The van der Waals surface area contributed by atoms with Gasteiger partial charge in [-0.15, -0.1) is 5.10 Å². The molecule has 0 saturated heterocycles. The molecule has 3 heterocycles. The summed E-state index contributed by atoms with van der Waals surface area (Å²) in [6.45, 7) is 6.61. The summed E-state index contributed by atoms with van der Waals surface area (Å²) in [5, 5.41) is 8.50. The number of nitrogens with one attached hydrogen (secondary N) is 1. The number of pyridine rings is 1. The highest BCUT2D eigenvalue weighted by atomic mass is 16.1. The first kappa shape index (κ1) is 18.1. The van der Waals surface area contributed by atoms with Crippen molar-refractivity contribution in [2.24, 2.45) is 0 Å². The van der Waals surface area contributed by atoms with E-state index >= 15 is 0 Å². The number of amides is 1. The van der Waals surface area contributed by atoms with Crippen molar-refractivity contribution in [2.45, 2.75) is 40.2 Å². The number of carbonyl (C=O) groups excluding carboxylic acids is 1. The topological polar surface area (TPSA) is 72.2 Å². The van der Waals surface area contributed by atoms with Crippen molar-refractivity contribution in [1.82, 2.24) is 24.9 Å². The molecule has 0 aliphatic rings. The summed E-state index contributed by atoms with van der Waals surface area (Å²) in [6.07, 6.45) is 2.78. The van der Waals surface area contributed by atoms with Crippen LogP contribution in [-0.2, 0) is 17.8 Å². The Morgan fingerprint density at radius 2 is 1.89 bits per heavy atom. The number of nitrogens with zero attached hydrogens (tertiary/aromatic N) is 4. The number of rotatable bonds is 5. The van der Waals surface area contributed by atoms with Gasteiger partial charge >= 0.3 is 0 Å². The van der Waals surface area contributed by atoms with Crippen LogP contribution in [0.2, 0.25) is 0 Å². The number of hydrogen-bond donors (Lipinski definition) is 1. The van der Waals surface area contributed by atoms with Gasteiger partial charge in [0.2, 0.25) is 5.91 Å². The molecular formula is C22H23N5O. The van der Waals surface area contributed by atoms with Crippen LogP contribution in [0, 0.1) is 20.8 Å². The van der Waals surface area contributed by atoms with Crippen molar-refractivity contribution in [3.05, 3.63) is 70.7 Å². The van der Waals surface area contributed by atoms with Gasteiger partial charge in [-0.2, -0.15) is 0 Å². The molecule has 0 aliphatic carbocycles. The predicted molar refractivity (Wildman–Crippen MR) is 109 cm³/mol. The van der Waals surface area contributed by atoms with E-state index in [0.29, 0.717) is 25.0 Å². The van der Waals surface area contributed by atoms with E-state index in [1.807, 2.05) is 42.6 Å². The lowest BCUT2D eigenvalue weighted by molar-refractivity contribution is -0.121. The van der Waals surface area contributed by atoms with Crippen molar-refractivity contribution in [3.63, 3.8) is 0 Å². The fraction of sp³-hybridized carbons (Fsp3) is 0.273. The van der Waals surface area contributed by atoms with Crippen LogP contribution in [0.4, 0.5) is 0 Å². The molecule has 28 heavy (non-hydrogen) atoms. The van der Waals surface area contributed by atoms with Gasteiger partial charge in [0.25, 0.3) is 0 Å². The Kier molecular flexibility index (Phi) is 4.77. The van der Waals surface area contributed by atoms with E-state index in [-0.39, 0.29) is 5.91 Å². The molecule has 4 rings (SSSR count). The summed E-state index contributed by atoms with van der Waals surface area (Å²) in [5.74, 6) is 0.0340. The molecule has 0 bridgehead atoms. The fourth-order valence-electron chi connectivity index (χ4n) is 3.46. The SMILES string of the molecule is Cc1ccc(CNC(=O)CCc2c(C)nc3c4cccnc4nn3c2C)cc1. The molecule has 0 fully saturated rings. The van der Waals surface area contributed by atoms with Gasteiger partial charge in [-0.3, -0.25) is 4.79 Å². The second kappa shape index (κ2) is 7.38. The van der Waals surface area contributed by atoms with Crippen molar-refractivity contribution >= 4 is 22.6 Å². The monoisotopic (exact) mass is 373 g/mol. The first-order chi connectivity index (χ1) is 13.5. The predicted octanol–water partition coefficient (Wildman–Crippen LogP) is 3.45. The lowest BCUT2D eigenvalue weighted by atomic mass is 10.1. The largest absolute Gasteiger partial charge is 0.352 e. The second-order valence-electron chi connectivity index (χ2n) is 7.13. The second-order valence-corrected chi connectivity index (χ2v) is 7.13. The maximum absolute atomic E-state index is 12.3. The van der Waals surface area contributed by atoms with Gasteiger partial charge in [0.15, 0.2) is 11.3 Å². The van der Waals surface area contributed by atoms with Crippen LogP contribution in [-0.4, -0.2) is 25.5 Å². The van der Waals surface area contributed by atoms with E-state index in [0.717, 1.165) is 33.5 Å². The summed E-state index contributed by atoms with van der Waals surface area (Å²) >= 11 is 0. The van der Waals surface area contributed by atoms with Gasteiger partial charge in [-0.05, 0) is 50.5 Å². The van der Waals surface area contributed by atoms with Gasteiger partial charge < -0.3 is 5.32 Å². The average Bonchev–Trinajstić information content (AvgIpc) is 3.06. The van der Waals surface area contributed by atoms with Crippen LogP contribution in [0.5, 0.6) is 0 Å². The Morgan fingerprint density at radius 1 is 1.11 bits per heavy atom. The third kappa shape index (κ3) is 3.45. The molecule has 0 radical (unpaired) electrons. The Hall–Kier alpha value is -3.28. The zero-order chi connectivity index (χ0) is 19.7. The molecular weight excluding hydrogens is 350 g/mol. The summed E-state index contributed by atoms with van der Waals surface area (Å²) in [4.78, 5) is 21.4. The number of fused-ring (bicyclic) bond motifs is 3. The number of benzene rings is 1. The zero-order valence-electron chi connectivity index (χ0n) is 16.4. The van der Waals surface area contributed by atoms with E-state index < -0.39 is 0 Å². The van der Waals surface area contributed by atoms with Crippen LogP contribution in [0.25, 0.3) is 16.7 Å². The minimum Gasteiger partial charge on any atom is -0.352 e. The minimum absolute atomic E-state index is 0.0340. The third-order valence-electron chi connectivity index (χ3n) is 5.10. The van der Waals surface area contributed by atoms with E-state index in [9.17, 15) is 4.79 Å². The number of aromatic nitrogens is 4. The fourth-order valence-corrected chi connectivity index (χ4v) is 3.46. The summed E-state index contributed by atoms with van der Waals surface area (Å²) in [5.41, 5.74) is 6.81. The van der Waals surface area contributed by atoms with Gasteiger partial charge in [-0.25, -0.2) is 14.5 Å². The molecule has 142 valence electrons. The first-order valence-electron chi connectivity index (χ1n) is 9.44. The number of hydrogen-bond acceptors (Lipinski definition) is 4. The van der Waals surface area contributed by atoms with Crippen molar-refractivity contribution in [1.29, 1.82) is 0 Å². The highest BCUT2D eigenvalue weighted by Gasteiger charge is 2.15. The maximum atomic E-state index is 12.3. The molecule has 0 spiro atoms. The number of aryl methyl sites for hydroxylation is 3. The molecule has 6 heteroatoms. The van der Waals surface area contributed by atoms with Crippen LogP contribution in [0.15, 0.2) is 42.6 Å². The lowest BCUT2D eigenvalue weighted by Crippen LogP contribution is -2.23. The summed E-state index contributed by atoms with van der Waals surface area (Å²) in [6, 6.07) is 12.1. The summed E-state index contributed by atoms with van der Waals surface area (Å²) in [7, 11) is 0. The Morgan fingerprint density at radius 3 is 2.68 bits per heavy atom. The van der Waals surface area contributed by atoms with Gasteiger partial charge in [0, 0.05) is 30.6 Å². The Bertz CT molecular complexity index is 1160. The molecule has 0 unspecified atom stereocenters. The maximum Gasteiger partial charge on any atom is 0.220 e. The molecule has 4 aromatic rings. The first-order valence-corrected chi connectivity index (χ1v) is 9.44. The molecule has 3 aromatic heterocycles.